The van der Waals surface area contributed by atoms with Crippen molar-refractivity contribution in [2.75, 3.05) is 53.9 Å². The van der Waals surface area contributed by atoms with Gasteiger partial charge in [-0.05, 0) is 49.8 Å². The molecule has 1 fully saturated rings. The minimum Gasteiger partial charge on any atom is -0.344 e. The maximum absolute atomic E-state index is 12.3. The third-order valence-corrected chi connectivity index (χ3v) is 5.32. The fraction of sp³-hybridized carbons (Fsp3) is 0.619. The lowest BCUT2D eigenvalue weighted by Crippen LogP contribution is -2.45. The van der Waals surface area contributed by atoms with Crippen molar-refractivity contribution in [3.05, 3.63) is 35.4 Å². The third-order valence-electron chi connectivity index (χ3n) is 5.32. The van der Waals surface area contributed by atoms with Gasteiger partial charge in [0.1, 0.15) is 0 Å². The first kappa shape index (κ1) is 21.2. The normalized spacial score (nSPS) is 17.4. The first-order valence-electron chi connectivity index (χ1n) is 9.82. The van der Waals surface area contributed by atoms with E-state index in [4.69, 9.17) is 0 Å². The zero-order valence-electron chi connectivity index (χ0n) is 17.2. The number of nitrogens with zero attached hydrogens (tertiary/aromatic N) is 3. The van der Waals surface area contributed by atoms with Crippen LogP contribution in [-0.2, 0) is 11.2 Å². The van der Waals surface area contributed by atoms with Gasteiger partial charge in [-0.3, -0.25) is 4.79 Å². The lowest BCUT2D eigenvalue weighted by atomic mass is 9.96. The van der Waals surface area contributed by atoms with Crippen molar-refractivity contribution in [2.45, 2.75) is 26.2 Å². The van der Waals surface area contributed by atoms with Crippen LogP contribution in [0.2, 0.25) is 0 Å². The summed E-state index contributed by atoms with van der Waals surface area (Å²) in [4.78, 5) is 29.5. The van der Waals surface area contributed by atoms with Crippen LogP contribution in [0.25, 0.3) is 0 Å². The molecule has 1 saturated heterocycles. The van der Waals surface area contributed by atoms with Crippen LogP contribution in [0.3, 0.4) is 0 Å². The molecule has 1 aliphatic heterocycles. The van der Waals surface area contributed by atoms with E-state index in [9.17, 15) is 9.59 Å². The summed E-state index contributed by atoms with van der Waals surface area (Å²) in [6.07, 6.45) is 3.41. The Hall–Kier alpha value is -2.08. The van der Waals surface area contributed by atoms with Crippen molar-refractivity contribution >= 4 is 11.9 Å². The number of piperidine rings is 1. The van der Waals surface area contributed by atoms with E-state index in [2.05, 4.69) is 41.4 Å². The standard InChI is InChI=1S/C21H34N4O2/c1-17-8-5-6-10-19(17)11-13-25-12-7-9-18(16-25)15-24(4)20(26)14-22-21(27)23(2)3/h5-6,8,10,18H,7,9,11-16H2,1-4H3,(H,22,27)/t18-/m1/s1. The predicted molar refractivity (Wildman–Crippen MR) is 109 cm³/mol. The van der Waals surface area contributed by atoms with E-state index in [0.717, 1.165) is 39.0 Å². The molecular weight excluding hydrogens is 340 g/mol. The van der Waals surface area contributed by atoms with E-state index < -0.39 is 0 Å². The van der Waals surface area contributed by atoms with Crippen LogP contribution in [0.1, 0.15) is 24.0 Å². The molecule has 0 unspecified atom stereocenters. The van der Waals surface area contributed by atoms with Crippen LogP contribution in [0, 0.1) is 12.8 Å². The molecule has 0 saturated carbocycles. The van der Waals surface area contributed by atoms with Gasteiger partial charge in [-0.25, -0.2) is 4.79 Å². The van der Waals surface area contributed by atoms with Gasteiger partial charge in [-0.1, -0.05) is 24.3 Å². The Kier molecular flexibility index (Phi) is 8.10. The van der Waals surface area contributed by atoms with E-state index in [1.165, 1.54) is 22.4 Å². The molecule has 0 spiro atoms. The van der Waals surface area contributed by atoms with Crippen molar-refractivity contribution in [1.82, 2.24) is 20.0 Å². The largest absolute Gasteiger partial charge is 0.344 e. The minimum absolute atomic E-state index is 0.0396. The van der Waals surface area contributed by atoms with Gasteiger partial charge in [-0.15, -0.1) is 0 Å². The molecule has 6 nitrogen and oxygen atoms in total. The second-order valence-electron chi connectivity index (χ2n) is 7.81. The summed E-state index contributed by atoms with van der Waals surface area (Å²) < 4.78 is 0. The van der Waals surface area contributed by atoms with Crippen LogP contribution < -0.4 is 5.32 Å². The van der Waals surface area contributed by atoms with E-state index in [1.807, 2.05) is 7.05 Å². The van der Waals surface area contributed by atoms with E-state index in [0.29, 0.717) is 5.92 Å². The number of carbonyl (C=O) groups excluding carboxylic acids is 2. The van der Waals surface area contributed by atoms with E-state index in [-0.39, 0.29) is 18.5 Å². The highest BCUT2D eigenvalue weighted by molar-refractivity contribution is 5.83. The van der Waals surface area contributed by atoms with Crippen LogP contribution >= 0.6 is 0 Å². The number of rotatable bonds is 7. The second-order valence-corrected chi connectivity index (χ2v) is 7.81. The molecule has 0 radical (unpaired) electrons. The molecule has 27 heavy (non-hydrogen) atoms. The molecule has 3 amide bonds. The Morgan fingerprint density at radius 2 is 1.96 bits per heavy atom. The van der Waals surface area contributed by atoms with Gasteiger partial charge in [0.15, 0.2) is 0 Å². The molecule has 1 N–H and O–H groups in total. The molecule has 1 aromatic rings. The maximum Gasteiger partial charge on any atom is 0.317 e. The fourth-order valence-corrected chi connectivity index (χ4v) is 3.61. The molecule has 150 valence electrons. The zero-order chi connectivity index (χ0) is 19.8. The summed E-state index contributed by atoms with van der Waals surface area (Å²) in [5.74, 6) is 0.455. The summed E-state index contributed by atoms with van der Waals surface area (Å²) in [7, 11) is 5.16. The number of likely N-dealkylation sites (tertiary alicyclic amines) is 1. The van der Waals surface area contributed by atoms with Crippen molar-refractivity contribution < 1.29 is 9.59 Å². The molecule has 6 heteroatoms. The van der Waals surface area contributed by atoms with Gasteiger partial charge in [0.2, 0.25) is 5.91 Å². The molecule has 0 aromatic heterocycles. The first-order valence-corrected chi connectivity index (χ1v) is 9.82. The molecular formula is C21H34N4O2. The van der Waals surface area contributed by atoms with E-state index >= 15 is 0 Å². The fourth-order valence-electron chi connectivity index (χ4n) is 3.61. The number of amides is 3. The predicted octanol–water partition coefficient (Wildman–Crippen LogP) is 1.98. The number of hydrogen-bond acceptors (Lipinski definition) is 3. The molecule has 1 aliphatic rings. The topological polar surface area (TPSA) is 55.9 Å². The van der Waals surface area contributed by atoms with Crippen LogP contribution in [0.4, 0.5) is 4.79 Å². The Labute approximate surface area is 163 Å². The van der Waals surface area contributed by atoms with Gasteiger partial charge >= 0.3 is 6.03 Å². The van der Waals surface area contributed by atoms with Crippen LogP contribution in [-0.4, -0.2) is 80.5 Å². The highest BCUT2D eigenvalue weighted by Crippen LogP contribution is 2.18. The Bertz CT molecular complexity index is 632. The summed E-state index contributed by atoms with van der Waals surface area (Å²) in [5.41, 5.74) is 2.78. The van der Waals surface area contributed by atoms with Crippen molar-refractivity contribution in [3.8, 4) is 0 Å². The average Bonchev–Trinajstić information content (AvgIpc) is 2.65. The number of hydrogen-bond donors (Lipinski definition) is 1. The first-order chi connectivity index (χ1) is 12.9. The molecule has 1 aromatic carbocycles. The van der Waals surface area contributed by atoms with Gasteiger partial charge < -0.3 is 20.0 Å². The number of nitrogens with one attached hydrogen (secondary N) is 1. The summed E-state index contributed by atoms with van der Waals surface area (Å²) in [6.45, 7) is 6.21. The SMILES string of the molecule is Cc1ccccc1CCN1CCC[C@H](CN(C)C(=O)CNC(=O)N(C)C)C1. The number of carbonyl (C=O) groups is 2. The average molecular weight is 375 g/mol. The van der Waals surface area contributed by atoms with Crippen LogP contribution in [0.5, 0.6) is 0 Å². The number of aryl methyl sites for hydroxylation is 1. The van der Waals surface area contributed by atoms with Gasteiger partial charge in [0, 0.05) is 40.8 Å². The number of urea groups is 1. The highest BCUT2D eigenvalue weighted by atomic mass is 16.2. The quantitative estimate of drug-likeness (QED) is 0.794. The molecule has 1 heterocycles. The third kappa shape index (κ3) is 6.86. The molecule has 0 aliphatic carbocycles. The van der Waals surface area contributed by atoms with Crippen molar-refractivity contribution in [3.63, 3.8) is 0 Å². The summed E-state index contributed by atoms with van der Waals surface area (Å²) >= 11 is 0. The molecule has 2 rings (SSSR count). The van der Waals surface area contributed by atoms with Gasteiger partial charge in [0.25, 0.3) is 0 Å². The molecule has 1 atom stereocenters. The second kappa shape index (κ2) is 10.3. The van der Waals surface area contributed by atoms with Gasteiger partial charge in [-0.2, -0.15) is 0 Å². The zero-order valence-corrected chi connectivity index (χ0v) is 17.2. The Balaban J connectivity index is 1.75. The Morgan fingerprint density at radius 1 is 1.22 bits per heavy atom. The number of benzene rings is 1. The molecule has 0 bridgehead atoms. The van der Waals surface area contributed by atoms with Gasteiger partial charge in [0.05, 0.1) is 6.54 Å². The van der Waals surface area contributed by atoms with Crippen LogP contribution in [0.15, 0.2) is 24.3 Å². The Morgan fingerprint density at radius 3 is 2.67 bits per heavy atom. The summed E-state index contributed by atoms with van der Waals surface area (Å²) in [6, 6.07) is 8.34. The maximum atomic E-state index is 12.3. The number of likely N-dealkylation sites (N-methyl/N-ethyl adjacent to an activating group) is 1. The van der Waals surface area contributed by atoms with E-state index in [1.54, 1.807) is 19.0 Å². The lowest BCUT2D eigenvalue weighted by Gasteiger charge is -2.35. The monoisotopic (exact) mass is 374 g/mol. The minimum atomic E-state index is -0.239. The smallest absolute Gasteiger partial charge is 0.317 e. The van der Waals surface area contributed by atoms with Crippen molar-refractivity contribution in [2.24, 2.45) is 5.92 Å². The van der Waals surface area contributed by atoms with Crippen molar-refractivity contribution in [1.29, 1.82) is 0 Å². The lowest BCUT2D eigenvalue weighted by molar-refractivity contribution is -0.129. The summed E-state index contributed by atoms with van der Waals surface area (Å²) in [5, 5.41) is 2.64. The highest BCUT2D eigenvalue weighted by Gasteiger charge is 2.23.